The molecule has 1 fully saturated rings. The predicted octanol–water partition coefficient (Wildman–Crippen LogP) is 2.11. The van der Waals surface area contributed by atoms with Crippen LogP contribution in [0.2, 0.25) is 0 Å². The highest BCUT2D eigenvalue weighted by atomic mass is 16.4. The molecule has 2 N–H and O–H groups in total. The minimum atomic E-state index is -0.842. The average molecular weight is 342 g/mol. The SMILES string of the molecule is Cc1cc(C)n(-c2ccccc2CNC(=O)N2CCC(C(=O)O)C2)n1. The number of benzene rings is 1. The topological polar surface area (TPSA) is 87.5 Å². The molecule has 0 bridgehead atoms. The van der Waals surface area contributed by atoms with Crippen molar-refractivity contribution in [2.24, 2.45) is 5.92 Å². The van der Waals surface area contributed by atoms with Crippen LogP contribution < -0.4 is 5.32 Å². The number of likely N-dealkylation sites (tertiary alicyclic amines) is 1. The number of carboxylic acids is 1. The summed E-state index contributed by atoms with van der Waals surface area (Å²) in [7, 11) is 0. The fraction of sp³-hybridized carbons (Fsp3) is 0.389. The van der Waals surface area contributed by atoms with E-state index in [1.54, 1.807) is 4.90 Å². The largest absolute Gasteiger partial charge is 0.481 e. The van der Waals surface area contributed by atoms with E-state index in [1.165, 1.54) is 0 Å². The number of amides is 2. The fourth-order valence-corrected chi connectivity index (χ4v) is 3.17. The first-order valence-corrected chi connectivity index (χ1v) is 8.33. The molecular formula is C18H22N4O3. The summed E-state index contributed by atoms with van der Waals surface area (Å²) < 4.78 is 1.87. The Balaban J connectivity index is 1.69. The molecule has 1 aliphatic rings. The number of carbonyl (C=O) groups is 2. The Kier molecular flexibility index (Phi) is 4.74. The molecule has 2 aromatic rings. The molecule has 0 radical (unpaired) electrons. The van der Waals surface area contributed by atoms with Crippen LogP contribution in [-0.2, 0) is 11.3 Å². The predicted molar refractivity (Wildman–Crippen MR) is 92.6 cm³/mol. The van der Waals surface area contributed by atoms with Gasteiger partial charge in [-0.2, -0.15) is 5.10 Å². The van der Waals surface area contributed by atoms with Gasteiger partial charge in [-0.15, -0.1) is 0 Å². The number of rotatable bonds is 4. The molecule has 1 atom stereocenters. The number of carboxylic acid groups (broad SMARTS) is 1. The molecule has 0 aliphatic carbocycles. The molecule has 2 heterocycles. The van der Waals surface area contributed by atoms with E-state index in [1.807, 2.05) is 48.9 Å². The fourth-order valence-electron chi connectivity index (χ4n) is 3.17. The Morgan fingerprint density at radius 3 is 2.72 bits per heavy atom. The van der Waals surface area contributed by atoms with Crippen molar-refractivity contribution < 1.29 is 14.7 Å². The third-order valence-electron chi connectivity index (χ3n) is 4.48. The summed E-state index contributed by atoms with van der Waals surface area (Å²) in [5, 5.41) is 16.4. The van der Waals surface area contributed by atoms with Crippen molar-refractivity contribution in [1.82, 2.24) is 20.0 Å². The van der Waals surface area contributed by atoms with Crippen LogP contribution in [-0.4, -0.2) is 44.9 Å². The van der Waals surface area contributed by atoms with E-state index in [4.69, 9.17) is 5.11 Å². The van der Waals surface area contributed by atoms with E-state index < -0.39 is 11.9 Å². The molecule has 1 unspecified atom stereocenters. The molecule has 1 aromatic heterocycles. The quantitative estimate of drug-likeness (QED) is 0.891. The summed E-state index contributed by atoms with van der Waals surface area (Å²) in [6.07, 6.45) is 0.505. The first-order valence-electron chi connectivity index (χ1n) is 8.33. The third kappa shape index (κ3) is 3.65. The van der Waals surface area contributed by atoms with Crippen molar-refractivity contribution in [3.8, 4) is 5.69 Å². The van der Waals surface area contributed by atoms with Gasteiger partial charge in [0.15, 0.2) is 0 Å². The van der Waals surface area contributed by atoms with E-state index in [0.29, 0.717) is 19.5 Å². The maximum atomic E-state index is 12.3. The molecule has 0 spiro atoms. The normalized spacial score (nSPS) is 16.9. The molecule has 3 rings (SSSR count). The number of aromatic nitrogens is 2. The van der Waals surface area contributed by atoms with Crippen LogP contribution >= 0.6 is 0 Å². The van der Waals surface area contributed by atoms with E-state index in [0.717, 1.165) is 22.6 Å². The Labute approximate surface area is 146 Å². The van der Waals surface area contributed by atoms with Crippen molar-refractivity contribution in [1.29, 1.82) is 0 Å². The second kappa shape index (κ2) is 6.96. The number of hydrogen-bond donors (Lipinski definition) is 2. The Morgan fingerprint density at radius 2 is 2.08 bits per heavy atom. The lowest BCUT2D eigenvalue weighted by molar-refractivity contribution is -0.141. The van der Waals surface area contributed by atoms with Gasteiger partial charge in [0.1, 0.15) is 0 Å². The molecule has 1 aliphatic heterocycles. The summed E-state index contributed by atoms with van der Waals surface area (Å²) in [4.78, 5) is 24.9. The van der Waals surface area contributed by atoms with Crippen LogP contribution in [0.3, 0.4) is 0 Å². The zero-order valence-electron chi connectivity index (χ0n) is 14.4. The van der Waals surface area contributed by atoms with Crippen molar-refractivity contribution >= 4 is 12.0 Å². The second-order valence-corrected chi connectivity index (χ2v) is 6.40. The van der Waals surface area contributed by atoms with Crippen LogP contribution in [0, 0.1) is 19.8 Å². The summed E-state index contributed by atoms with van der Waals surface area (Å²) >= 11 is 0. The molecule has 7 nitrogen and oxygen atoms in total. The van der Waals surface area contributed by atoms with E-state index in [2.05, 4.69) is 10.4 Å². The number of aliphatic carboxylic acids is 1. The molecule has 25 heavy (non-hydrogen) atoms. The minimum Gasteiger partial charge on any atom is -0.481 e. The van der Waals surface area contributed by atoms with E-state index in [9.17, 15) is 9.59 Å². The van der Waals surface area contributed by atoms with Crippen LogP contribution in [0.15, 0.2) is 30.3 Å². The van der Waals surface area contributed by atoms with Gasteiger partial charge in [-0.3, -0.25) is 4.79 Å². The smallest absolute Gasteiger partial charge is 0.317 e. The molecule has 7 heteroatoms. The number of carbonyl (C=O) groups excluding carboxylic acids is 1. The zero-order valence-corrected chi connectivity index (χ0v) is 14.4. The average Bonchev–Trinajstić information content (AvgIpc) is 3.19. The Morgan fingerprint density at radius 1 is 1.32 bits per heavy atom. The maximum absolute atomic E-state index is 12.3. The van der Waals surface area contributed by atoms with Gasteiger partial charge in [0.05, 0.1) is 17.3 Å². The van der Waals surface area contributed by atoms with Crippen LogP contribution in [0.5, 0.6) is 0 Å². The van der Waals surface area contributed by atoms with Crippen molar-refractivity contribution in [2.75, 3.05) is 13.1 Å². The van der Waals surface area contributed by atoms with Crippen molar-refractivity contribution in [3.63, 3.8) is 0 Å². The van der Waals surface area contributed by atoms with Crippen molar-refractivity contribution in [2.45, 2.75) is 26.8 Å². The number of nitrogens with zero attached hydrogens (tertiary/aromatic N) is 3. The standard InChI is InChI=1S/C18H22N4O3/c1-12-9-13(2)22(20-12)16-6-4-3-5-14(16)10-19-18(25)21-8-7-15(11-21)17(23)24/h3-6,9,15H,7-8,10-11H2,1-2H3,(H,19,25)(H,23,24). The summed E-state index contributed by atoms with van der Waals surface area (Å²) in [6.45, 7) is 5.04. The van der Waals surface area contributed by atoms with Crippen LogP contribution in [0.1, 0.15) is 23.4 Å². The first kappa shape index (κ1) is 17.0. The van der Waals surface area contributed by atoms with Gasteiger partial charge in [-0.1, -0.05) is 18.2 Å². The number of aryl methyl sites for hydroxylation is 2. The van der Waals surface area contributed by atoms with Gasteiger partial charge >= 0.3 is 12.0 Å². The van der Waals surface area contributed by atoms with Gasteiger partial charge in [-0.05, 0) is 38.0 Å². The molecule has 1 aromatic carbocycles. The lowest BCUT2D eigenvalue weighted by atomic mass is 10.1. The van der Waals surface area contributed by atoms with Crippen LogP contribution in [0.4, 0.5) is 4.79 Å². The molecule has 1 saturated heterocycles. The highest BCUT2D eigenvalue weighted by Gasteiger charge is 2.30. The van der Waals surface area contributed by atoms with Gasteiger partial charge in [-0.25, -0.2) is 9.48 Å². The zero-order chi connectivity index (χ0) is 18.0. The lowest BCUT2D eigenvalue weighted by Crippen LogP contribution is -2.38. The summed E-state index contributed by atoms with van der Waals surface area (Å²) in [6, 6.07) is 9.56. The third-order valence-corrected chi connectivity index (χ3v) is 4.48. The second-order valence-electron chi connectivity index (χ2n) is 6.40. The number of nitrogens with one attached hydrogen (secondary N) is 1. The monoisotopic (exact) mass is 342 g/mol. The number of para-hydroxylation sites is 1. The summed E-state index contributed by atoms with van der Waals surface area (Å²) in [5.41, 5.74) is 3.85. The number of urea groups is 1. The summed E-state index contributed by atoms with van der Waals surface area (Å²) in [5.74, 6) is -1.31. The molecule has 132 valence electrons. The van der Waals surface area contributed by atoms with E-state index in [-0.39, 0.29) is 12.6 Å². The maximum Gasteiger partial charge on any atom is 0.317 e. The molecule has 2 amide bonds. The first-order chi connectivity index (χ1) is 12.0. The Hall–Kier alpha value is -2.83. The minimum absolute atomic E-state index is 0.230. The van der Waals surface area contributed by atoms with Crippen LogP contribution in [0.25, 0.3) is 5.69 Å². The van der Waals surface area contributed by atoms with E-state index >= 15 is 0 Å². The van der Waals surface area contributed by atoms with Gasteiger partial charge in [0, 0.05) is 25.3 Å². The van der Waals surface area contributed by atoms with Gasteiger partial charge < -0.3 is 15.3 Å². The Bertz CT molecular complexity index is 799. The molecule has 0 saturated carbocycles. The number of hydrogen-bond acceptors (Lipinski definition) is 3. The lowest BCUT2D eigenvalue weighted by Gasteiger charge is -2.18. The van der Waals surface area contributed by atoms with Crippen molar-refractivity contribution in [3.05, 3.63) is 47.3 Å². The van der Waals surface area contributed by atoms with Gasteiger partial charge in [0.2, 0.25) is 0 Å². The van der Waals surface area contributed by atoms with Gasteiger partial charge in [0.25, 0.3) is 0 Å². The molecular weight excluding hydrogens is 320 g/mol. The highest BCUT2D eigenvalue weighted by Crippen LogP contribution is 2.18. The highest BCUT2D eigenvalue weighted by molar-refractivity contribution is 5.77.